The van der Waals surface area contributed by atoms with Crippen molar-refractivity contribution in [1.29, 1.82) is 0 Å². The number of benzene rings is 1. The molecule has 1 N–H and O–H groups in total. The molecule has 0 aliphatic carbocycles. The van der Waals surface area contributed by atoms with Crippen LogP contribution in [-0.2, 0) is 0 Å². The Bertz CT molecular complexity index is 472. The maximum Gasteiger partial charge on any atom is 0.138 e. The van der Waals surface area contributed by atoms with Crippen LogP contribution in [-0.4, -0.2) is 4.98 Å². The largest absolute Gasteiger partial charge is 0.358 e. The molecule has 0 aliphatic rings. The first-order chi connectivity index (χ1) is 7.09. The summed E-state index contributed by atoms with van der Waals surface area (Å²) in [5, 5.41) is 0.455. The van der Waals surface area contributed by atoms with Crippen molar-refractivity contribution in [2.75, 3.05) is 0 Å². The van der Waals surface area contributed by atoms with E-state index in [2.05, 4.69) is 4.98 Å². The Labute approximate surface area is 88.1 Å². The third kappa shape index (κ3) is 2.01. The van der Waals surface area contributed by atoms with Crippen molar-refractivity contribution in [3.05, 3.63) is 35.0 Å². The molecule has 15 heavy (non-hydrogen) atoms. The van der Waals surface area contributed by atoms with Crippen LogP contribution in [0.3, 0.4) is 0 Å². The number of rotatable bonds is 0. The van der Waals surface area contributed by atoms with Gasteiger partial charge in [0.25, 0.3) is 0 Å². The van der Waals surface area contributed by atoms with Gasteiger partial charge in [0, 0.05) is 16.6 Å². The van der Waals surface area contributed by atoms with Crippen molar-refractivity contribution in [2.45, 2.75) is 27.7 Å². The van der Waals surface area contributed by atoms with Gasteiger partial charge in [-0.1, -0.05) is 13.8 Å². The number of hydrogen-bond donors (Lipinski definition) is 1. The molecule has 82 valence electrons. The molecular weight excluding hydrogens is 196 g/mol. The first kappa shape index (κ1) is 11.7. The van der Waals surface area contributed by atoms with E-state index in [4.69, 9.17) is 0 Å². The molecule has 1 nitrogen and oxygen atoms in total. The van der Waals surface area contributed by atoms with Gasteiger partial charge in [0.2, 0.25) is 0 Å². The van der Waals surface area contributed by atoms with Crippen molar-refractivity contribution in [1.82, 2.24) is 4.98 Å². The van der Waals surface area contributed by atoms with Gasteiger partial charge in [0.1, 0.15) is 11.6 Å². The molecule has 1 aromatic carbocycles. The molecule has 3 heteroatoms. The zero-order valence-corrected chi connectivity index (χ0v) is 9.41. The molecule has 0 unspecified atom stereocenters. The molecule has 0 amide bonds. The fourth-order valence-corrected chi connectivity index (χ4v) is 1.45. The van der Waals surface area contributed by atoms with Crippen LogP contribution < -0.4 is 0 Å². The van der Waals surface area contributed by atoms with Crippen LogP contribution in [0, 0.1) is 25.5 Å². The number of fused-ring (bicyclic) bond motifs is 1. The summed E-state index contributed by atoms with van der Waals surface area (Å²) in [5.74, 6) is -0.980. The summed E-state index contributed by atoms with van der Waals surface area (Å²) in [6.45, 7) is 7.25. The number of halogens is 2. The standard InChI is InChI=1S/C10H9F2N.C2H6/c1-5-3-7-9(13-5)4-8(11)6(2)10(7)12;1-2/h3-4,13H,1-2H3;1-2H3. The Kier molecular flexibility index (Phi) is 3.45. The van der Waals surface area contributed by atoms with Crippen molar-refractivity contribution in [2.24, 2.45) is 0 Å². The lowest BCUT2D eigenvalue weighted by Gasteiger charge is -1.99. The van der Waals surface area contributed by atoms with Gasteiger partial charge in [-0.25, -0.2) is 8.78 Å². The van der Waals surface area contributed by atoms with E-state index in [-0.39, 0.29) is 5.56 Å². The summed E-state index contributed by atoms with van der Waals surface area (Å²) in [5.41, 5.74) is 1.42. The highest BCUT2D eigenvalue weighted by Crippen LogP contribution is 2.23. The average Bonchev–Trinajstić information content (AvgIpc) is 2.59. The lowest BCUT2D eigenvalue weighted by atomic mass is 10.1. The fraction of sp³-hybridized carbons (Fsp3) is 0.333. The number of aromatic nitrogens is 1. The van der Waals surface area contributed by atoms with Crippen LogP contribution in [0.4, 0.5) is 8.78 Å². The molecule has 0 atom stereocenters. The first-order valence-electron chi connectivity index (χ1n) is 5.03. The Morgan fingerprint density at radius 3 is 2.27 bits per heavy atom. The van der Waals surface area contributed by atoms with E-state index in [1.807, 2.05) is 20.8 Å². The van der Waals surface area contributed by atoms with E-state index in [1.54, 1.807) is 6.07 Å². The average molecular weight is 211 g/mol. The van der Waals surface area contributed by atoms with Crippen LogP contribution in [0.15, 0.2) is 12.1 Å². The number of hydrogen-bond acceptors (Lipinski definition) is 0. The predicted molar refractivity (Wildman–Crippen MR) is 59.0 cm³/mol. The summed E-state index contributed by atoms with van der Waals surface area (Å²) < 4.78 is 26.5. The van der Waals surface area contributed by atoms with E-state index in [1.165, 1.54) is 13.0 Å². The molecule has 1 heterocycles. The van der Waals surface area contributed by atoms with Gasteiger partial charge in [0.15, 0.2) is 0 Å². The third-order valence-corrected chi connectivity index (χ3v) is 2.18. The second-order valence-corrected chi connectivity index (χ2v) is 3.21. The maximum atomic E-state index is 13.4. The molecule has 0 saturated heterocycles. The molecule has 2 rings (SSSR count). The Hall–Kier alpha value is -1.38. The number of nitrogens with one attached hydrogen (secondary N) is 1. The minimum Gasteiger partial charge on any atom is -0.358 e. The molecule has 0 bridgehead atoms. The SMILES string of the molecule is CC.Cc1cc2c(F)c(C)c(F)cc2[nH]1. The number of aromatic amines is 1. The van der Waals surface area contributed by atoms with Crippen molar-refractivity contribution in [3.8, 4) is 0 Å². The normalized spacial score (nSPS) is 10.0. The number of aryl methyl sites for hydroxylation is 1. The second kappa shape index (κ2) is 4.43. The highest BCUT2D eigenvalue weighted by Gasteiger charge is 2.10. The van der Waals surface area contributed by atoms with E-state index < -0.39 is 11.6 Å². The summed E-state index contributed by atoms with van der Waals surface area (Å²) >= 11 is 0. The van der Waals surface area contributed by atoms with Crippen molar-refractivity contribution < 1.29 is 8.78 Å². The maximum absolute atomic E-state index is 13.4. The Morgan fingerprint density at radius 1 is 1.07 bits per heavy atom. The molecule has 0 saturated carbocycles. The van der Waals surface area contributed by atoms with Gasteiger partial charge in [-0.3, -0.25) is 0 Å². The van der Waals surface area contributed by atoms with Gasteiger partial charge in [-0.15, -0.1) is 0 Å². The summed E-state index contributed by atoms with van der Waals surface area (Å²) in [4.78, 5) is 2.89. The minimum absolute atomic E-state index is 0.0755. The van der Waals surface area contributed by atoms with Crippen molar-refractivity contribution >= 4 is 10.9 Å². The Balaban J connectivity index is 0.000000531. The Morgan fingerprint density at radius 2 is 1.67 bits per heavy atom. The topological polar surface area (TPSA) is 15.8 Å². The van der Waals surface area contributed by atoms with Gasteiger partial charge >= 0.3 is 0 Å². The van der Waals surface area contributed by atoms with Crippen LogP contribution >= 0.6 is 0 Å². The first-order valence-corrected chi connectivity index (χ1v) is 5.03. The molecule has 0 aliphatic heterocycles. The molecular formula is C12H15F2N. The van der Waals surface area contributed by atoms with Crippen LogP contribution in [0.1, 0.15) is 25.1 Å². The summed E-state index contributed by atoms with van der Waals surface area (Å²) in [6.07, 6.45) is 0. The zero-order valence-electron chi connectivity index (χ0n) is 9.41. The van der Waals surface area contributed by atoms with Crippen LogP contribution in [0.25, 0.3) is 10.9 Å². The second-order valence-electron chi connectivity index (χ2n) is 3.21. The number of H-pyrrole nitrogens is 1. The van der Waals surface area contributed by atoms with Gasteiger partial charge in [-0.2, -0.15) is 0 Å². The highest BCUT2D eigenvalue weighted by molar-refractivity contribution is 5.82. The lowest BCUT2D eigenvalue weighted by molar-refractivity contribution is 0.577. The van der Waals surface area contributed by atoms with Crippen molar-refractivity contribution in [3.63, 3.8) is 0 Å². The van der Waals surface area contributed by atoms with E-state index in [0.29, 0.717) is 10.9 Å². The molecule has 2 aromatic rings. The quantitative estimate of drug-likeness (QED) is 0.675. The van der Waals surface area contributed by atoms with Crippen LogP contribution in [0.2, 0.25) is 0 Å². The van der Waals surface area contributed by atoms with Gasteiger partial charge < -0.3 is 4.98 Å². The van der Waals surface area contributed by atoms with E-state index in [0.717, 1.165) is 5.69 Å². The van der Waals surface area contributed by atoms with E-state index >= 15 is 0 Å². The molecule has 0 spiro atoms. The molecule has 0 fully saturated rings. The third-order valence-electron chi connectivity index (χ3n) is 2.18. The van der Waals surface area contributed by atoms with Crippen LogP contribution in [0.5, 0.6) is 0 Å². The summed E-state index contributed by atoms with van der Waals surface area (Å²) in [6, 6.07) is 3.00. The van der Waals surface area contributed by atoms with Gasteiger partial charge in [-0.05, 0) is 26.0 Å². The minimum atomic E-state index is -0.508. The van der Waals surface area contributed by atoms with Gasteiger partial charge in [0.05, 0.1) is 5.52 Å². The fourth-order valence-electron chi connectivity index (χ4n) is 1.45. The zero-order chi connectivity index (χ0) is 11.6. The predicted octanol–water partition coefficient (Wildman–Crippen LogP) is 4.09. The monoisotopic (exact) mass is 211 g/mol. The molecule has 0 radical (unpaired) electrons. The summed E-state index contributed by atoms with van der Waals surface area (Å²) in [7, 11) is 0. The highest BCUT2D eigenvalue weighted by atomic mass is 19.1. The smallest absolute Gasteiger partial charge is 0.138 e. The van der Waals surface area contributed by atoms with E-state index in [9.17, 15) is 8.78 Å². The molecule has 1 aromatic heterocycles. The lowest BCUT2D eigenvalue weighted by Crippen LogP contribution is -1.88.